The van der Waals surface area contributed by atoms with E-state index in [-0.39, 0.29) is 11.7 Å². The van der Waals surface area contributed by atoms with Crippen LogP contribution >= 0.6 is 0 Å². The van der Waals surface area contributed by atoms with Crippen LogP contribution in [0, 0.1) is 0 Å². The smallest absolute Gasteiger partial charge is 0.255 e. The Hall–Kier alpha value is -3.47. The molecule has 5 heteroatoms. The van der Waals surface area contributed by atoms with Crippen molar-refractivity contribution >= 4 is 23.2 Å². The number of ketones is 1. The predicted octanol–water partition coefficient (Wildman–Crippen LogP) is 4.10. The van der Waals surface area contributed by atoms with Crippen molar-refractivity contribution in [2.45, 2.75) is 19.9 Å². The Labute approximate surface area is 164 Å². The second kappa shape index (κ2) is 7.64. The third-order valence-electron chi connectivity index (χ3n) is 4.99. The topological polar surface area (TPSA) is 62.3 Å². The van der Waals surface area contributed by atoms with Gasteiger partial charge in [0.05, 0.1) is 0 Å². The van der Waals surface area contributed by atoms with Gasteiger partial charge in [-0.2, -0.15) is 0 Å². The van der Waals surface area contributed by atoms with Gasteiger partial charge in [0.15, 0.2) is 5.78 Å². The molecule has 0 radical (unpaired) electrons. The van der Waals surface area contributed by atoms with E-state index in [0.717, 1.165) is 25.3 Å². The van der Waals surface area contributed by atoms with Crippen LogP contribution in [0.2, 0.25) is 0 Å². The van der Waals surface area contributed by atoms with Gasteiger partial charge in [0.1, 0.15) is 5.82 Å². The van der Waals surface area contributed by atoms with Crippen LogP contribution in [0.15, 0.2) is 66.9 Å². The monoisotopic (exact) mass is 371 g/mol. The summed E-state index contributed by atoms with van der Waals surface area (Å²) < 4.78 is 0. The molecule has 2 aromatic carbocycles. The molecule has 1 N–H and O–H groups in total. The Morgan fingerprint density at radius 1 is 0.964 bits per heavy atom. The number of hydrogen-bond donors (Lipinski definition) is 1. The highest BCUT2D eigenvalue weighted by atomic mass is 16.1. The molecule has 140 valence electrons. The number of aromatic nitrogens is 1. The van der Waals surface area contributed by atoms with Crippen LogP contribution in [0.3, 0.4) is 0 Å². The quantitative estimate of drug-likeness (QED) is 0.702. The number of carbonyl (C=O) groups is 2. The van der Waals surface area contributed by atoms with Crippen molar-refractivity contribution < 1.29 is 9.59 Å². The first-order valence-corrected chi connectivity index (χ1v) is 9.30. The maximum atomic E-state index is 12.7. The first-order chi connectivity index (χ1) is 13.6. The molecule has 1 aliphatic rings. The molecule has 0 saturated carbocycles. The molecule has 0 bridgehead atoms. The predicted molar refractivity (Wildman–Crippen MR) is 110 cm³/mol. The Morgan fingerprint density at radius 2 is 1.79 bits per heavy atom. The molecule has 1 aromatic heterocycles. The van der Waals surface area contributed by atoms with Crippen LogP contribution in [0.4, 0.5) is 11.5 Å². The zero-order valence-corrected chi connectivity index (χ0v) is 15.7. The minimum Gasteiger partial charge on any atom is -0.352 e. The summed E-state index contributed by atoms with van der Waals surface area (Å²) in [5, 5.41) is 2.86. The molecule has 3 aromatic rings. The second-order valence-electron chi connectivity index (χ2n) is 6.93. The zero-order valence-electron chi connectivity index (χ0n) is 15.7. The summed E-state index contributed by atoms with van der Waals surface area (Å²) in [4.78, 5) is 30.9. The summed E-state index contributed by atoms with van der Waals surface area (Å²) >= 11 is 0. The van der Waals surface area contributed by atoms with Crippen molar-refractivity contribution in [3.63, 3.8) is 0 Å². The largest absolute Gasteiger partial charge is 0.352 e. The lowest BCUT2D eigenvalue weighted by molar-refractivity contribution is 0.101. The van der Waals surface area contributed by atoms with Gasteiger partial charge in [0.25, 0.3) is 5.91 Å². The van der Waals surface area contributed by atoms with Crippen molar-refractivity contribution in [3.8, 4) is 0 Å². The number of anilines is 2. The molecule has 0 atom stereocenters. The highest BCUT2D eigenvalue weighted by Gasteiger charge is 2.18. The van der Waals surface area contributed by atoms with E-state index in [0.29, 0.717) is 16.8 Å². The van der Waals surface area contributed by atoms with Crippen molar-refractivity contribution in [2.24, 2.45) is 0 Å². The molecule has 0 aliphatic carbocycles. The fourth-order valence-electron chi connectivity index (χ4n) is 3.44. The van der Waals surface area contributed by atoms with Gasteiger partial charge in [-0.25, -0.2) is 4.98 Å². The molecule has 1 aliphatic heterocycles. The van der Waals surface area contributed by atoms with Crippen molar-refractivity contribution in [1.29, 1.82) is 0 Å². The van der Waals surface area contributed by atoms with E-state index in [9.17, 15) is 9.59 Å². The molecular weight excluding hydrogens is 350 g/mol. The third kappa shape index (κ3) is 3.78. The van der Waals surface area contributed by atoms with Crippen molar-refractivity contribution in [1.82, 2.24) is 4.98 Å². The number of nitrogens with one attached hydrogen (secondary N) is 1. The number of nitrogens with zero attached hydrogens (tertiary/aromatic N) is 2. The number of rotatable bonds is 4. The molecule has 2 heterocycles. The van der Waals surface area contributed by atoms with E-state index in [4.69, 9.17) is 0 Å². The average molecular weight is 371 g/mol. The number of hydrogen-bond acceptors (Lipinski definition) is 4. The molecule has 0 fully saturated rings. The average Bonchev–Trinajstić information content (AvgIpc) is 2.73. The lowest BCUT2D eigenvalue weighted by atomic mass is 10.00. The standard InChI is InChI=1S/C23H21N3O2/c1-16(27)18-7-4-8-21(13-18)25-23(28)19-9-11-24-22(14-19)26-12-10-17-5-2-3-6-20(17)15-26/h2-9,11,13-14H,10,12,15H2,1H3,(H,25,28). The summed E-state index contributed by atoms with van der Waals surface area (Å²) in [7, 11) is 0. The van der Waals surface area contributed by atoms with Gasteiger partial charge >= 0.3 is 0 Å². The molecule has 1 amide bonds. The summed E-state index contributed by atoms with van der Waals surface area (Å²) in [5.74, 6) is 0.536. The lowest BCUT2D eigenvalue weighted by Crippen LogP contribution is -2.31. The number of fused-ring (bicyclic) bond motifs is 1. The van der Waals surface area contributed by atoms with Crippen LogP contribution in [0.25, 0.3) is 0 Å². The lowest BCUT2D eigenvalue weighted by Gasteiger charge is -2.29. The number of amides is 1. The number of Topliss-reactive ketones (excluding diaryl/α,β-unsaturated/α-hetero) is 1. The normalized spacial score (nSPS) is 13.0. The third-order valence-corrected chi connectivity index (χ3v) is 4.99. The summed E-state index contributed by atoms with van der Waals surface area (Å²) in [6.07, 6.45) is 2.63. The Kier molecular flexibility index (Phi) is 4.89. The first kappa shape index (κ1) is 17.9. The maximum absolute atomic E-state index is 12.7. The summed E-state index contributed by atoms with van der Waals surface area (Å²) in [6, 6.07) is 18.9. The Balaban J connectivity index is 1.52. The molecule has 0 spiro atoms. The van der Waals surface area contributed by atoms with Gasteiger partial charge < -0.3 is 10.2 Å². The van der Waals surface area contributed by atoms with Crippen molar-refractivity contribution in [3.05, 3.63) is 89.1 Å². The minimum atomic E-state index is -0.221. The zero-order chi connectivity index (χ0) is 19.5. The molecule has 28 heavy (non-hydrogen) atoms. The van der Waals surface area contributed by atoms with Gasteiger partial charge in [0, 0.05) is 36.1 Å². The van der Waals surface area contributed by atoms with Gasteiger partial charge in [-0.1, -0.05) is 36.4 Å². The fourth-order valence-corrected chi connectivity index (χ4v) is 3.44. The molecule has 5 nitrogen and oxygen atoms in total. The van der Waals surface area contributed by atoms with Crippen molar-refractivity contribution in [2.75, 3.05) is 16.8 Å². The molecule has 0 saturated heterocycles. The van der Waals surface area contributed by atoms with Gasteiger partial charge in [0.2, 0.25) is 0 Å². The molecular formula is C23H21N3O2. The number of pyridine rings is 1. The van der Waals surface area contributed by atoms with Crippen LogP contribution < -0.4 is 10.2 Å². The van der Waals surface area contributed by atoms with E-state index < -0.39 is 0 Å². The highest BCUT2D eigenvalue weighted by Crippen LogP contribution is 2.23. The molecule has 0 unspecified atom stereocenters. The van der Waals surface area contributed by atoms with Gasteiger partial charge in [-0.15, -0.1) is 0 Å². The summed E-state index contributed by atoms with van der Waals surface area (Å²) in [6.45, 7) is 3.16. The van der Waals surface area contributed by atoms with E-state index in [1.54, 1.807) is 36.5 Å². The number of carbonyl (C=O) groups excluding carboxylic acids is 2. The van der Waals surface area contributed by atoms with Crippen LogP contribution in [0.5, 0.6) is 0 Å². The Morgan fingerprint density at radius 3 is 2.61 bits per heavy atom. The summed E-state index contributed by atoms with van der Waals surface area (Å²) in [5.41, 5.74) is 4.38. The fraction of sp³-hybridized carbons (Fsp3) is 0.174. The maximum Gasteiger partial charge on any atom is 0.255 e. The minimum absolute atomic E-state index is 0.0346. The van der Waals surface area contributed by atoms with Crippen LogP contribution in [0.1, 0.15) is 38.8 Å². The van der Waals surface area contributed by atoms with Gasteiger partial charge in [-0.3, -0.25) is 9.59 Å². The number of benzene rings is 2. The Bertz CT molecular complexity index is 1050. The van der Waals surface area contributed by atoms with Crippen LogP contribution in [-0.2, 0) is 13.0 Å². The van der Waals surface area contributed by atoms with E-state index in [1.807, 2.05) is 6.07 Å². The van der Waals surface area contributed by atoms with Crippen LogP contribution in [-0.4, -0.2) is 23.2 Å². The molecule has 4 rings (SSSR count). The second-order valence-corrected chi connectivity index (χ2v) is 6.93. The van der Waals surface area contributed by atoms with E-state index >= 15 is 0 Å². The van der Waals surface area contributed by atoms with E-state index in [2.05, 4.69) is 39.5 Å². The SMILES string of the molecule is CC(=O)c1cccc(NC(=O)c2ccnc(N3CCc4ccccc4C3)c2)c1. The van der Waals surface area contributed by atoms with Gasteiger partial charge in [-0.05, 0) is 48.7 Å². The first-order valence-electron chi connectivity index (χ1n) is 9.30. The van der Waals surface area contributed by atoms with E-state index in [1.165, 1.54) is 18.1 Å². The highest BCUT2D eigenvalue weighted by molar-refractivity contribution is 6.05.